The Balaban J connectivity index is 1.82. The van der Waals surface area contributed by atoms with Gasteiger partial charge in [0.25, 0.3) is 0 Å². The van der Waals surface area contributed by atoms with Gasteiger partial charge in [0.2, 0.25) is 0 Å². The third-order valence-corrected chi connectivity index (χ3v) is 3.85. The topological polar surface area (TPSA) is 30.2 Å². The van der Waals surface area contributed by atoms with Gasteiger partial charge in [-0.1, -0.05) is 71.1 Å². The lowest BCUT2D eigenvalue weighted by atomic mass is 10.0. The summed E-state index contributed by atoms with van der Waals surface area (Å²) < 4.78 is 4.92. The van der Waals surface area contributed by atoms with E-state index in [1.165, 1.54) is 64.2 Å². The average molecular weight is 278 g/mol. The van der Waals surface area contributed by atoms with Crippen molar-refractivity contribution in [2.75, 3.05) is 0 Å². The van der Waals surface area contributed by atoms with Crippen LogP contribution in [0.5, 0.6) is 0 Å². The molecule has 0 aliphatic carbocycles. The highest BCUT2D eigenvalue weighted by atomic mass is 16.3. The normalized spacial score (nSPS) is 10.8. The molecule has 0 N–H and O–H groups in total. The van der Waals surface area contributed by atoms with E-state index in [0.717, 1.165) is 12.0 Å². The van der Waals surface area contributed by atoms with Crippen molar-refractivity contribution in [2.24, 2.45) is 0 Å². The van der Waals surface area contributed by atoms with Crippen molar-refractivity contribution in [3.63, 3.8) is 0 Å². The molecule has 0 aliphatic heterocycles. The lowest BCUT2D eigenvalue weighted by molar-refractivity contribution is 0.0978. The first kappa shape index (κ1) is 17.0. The van der Waals surface area contributed by atoms with Crippen molar-refractivity contribution < 1.29 is 9.21 Å². The monoisotopic (exact) mass is 278 g/mol. The Labute approximate surface area is 123 Å². The van der Waals surface area contributed by atoms with Crippen molar-refractivity contribution in [3.05, 3.63) is 24.2 Å². The molecule has 1 rings (SSSR count). The number of rotatable bonds is 13. The second-order valence-electron chi connectivity index (χ2n) is 5.72. The van der Waals surface area contributed by atoms with Crippen LogP contribution in [0.15, 0.2) is 23.0 Å². The molecule has 0 aliphatic rings. The zero-order chi connectivity index (χ0) is 14.5. The van der Waals surface area contributed by atoms with Gasteiger partial charge < -0.3 is 4.42 Å². The van der Waals surface area contributed by atoms with Crippen molar-refractivity contribution in [3.8, 4) is 0 Å². The van der Waals surface area contributed by atoms with Gasteiger partial charge in [-0.2, -0.15) is 0 Å². The minimum atomic E-state index is 0.217. The number of furan rings is 1. The second kappa shape index (κ2) is 11.7. The lowest BCUT2D eigenvalue weighted by Gasteiger charge is -2.02. The van der Waals surface area contributed by atoms with Crippen molar-refractivity contribution in [2.45, 2.75) is 84.0 Å². The van der Waals surface area contributed by atoms with E-state index in [0.29, 0.717) is 6.42 Å². The summed E-state index contributed by atoms with van der Waals surface area (Å²) in [6.07, 6.45) is 18.3. The molecule has 0 atom stereocenters. The maximum absolute atomic E-state index is 11.7. The Bertz CT molecular complexity index is 327. The molecule has 114 valence electrons. The molecular formula is C18H30O2. The molecule has 0 unspecified atom stereocenters. The number of hydrogen-bond acceptors (Lipinski definition) is 2. The summed E-state index contributed by atoms with van der Waals surface area (Å²) in [7, 11) is 0. The Morgan fingerprint density at radius 2 is 1.45 bits per heavy atom. The second-order valence-corrected chi connectivity index (χ2v) is 5.72. The van der Waals surface area contributed by atoms with E-state index in [1.807, 2.05) is 0 Å². The number of unbranched alkanes of at least 4 members (excludes halogenated alkanes) is 10. The smallest absolute Gasteiger partial charge is 0.166 e. The molecule has 0 amide bonds. The van der Waals surface area contributed by atoms with E-state index in [2.05, 4.69) is 6.92 Å². The number of ketones is 1. The average Bonchev–Trinajstić information content (AvgIpc) is 2.99. The zero-order valence-corrected chi connectivity index (χ0v) is 13.0. The van der Waals surface area contributed by atoms with Crippen LogP contribution < -0.4 is 0 Å². The fraction of sp³-hybridized carbons (Fsp3) is 0.722. The Hall–Kier alpha value is -1.05. The van der Waals surface area contributed by atoms with Crippen LogP contribution in [0.25, 0.3) is 0 Å². The zero-order valence-electron chi connectivity index (χ0n) is 13.0. The minimum Gasteiger partial charge on any atom is -0.472 e. The third-order valence-electron chi connectivity index (χ3n) is 3.85. The third kappa shape index (κ3) is 8.19. The molecule has 0 spiro atoms. The largest absolute Gasteiger partial charge is 0.472 e. The number of carbonyl (C=O) groups is 1. The van der Waals surface area contributed by atoms with Gasteiger partial charge in [0.1, 0.15) is 6.26 Å². The number of hydrogen-bond donors (Lipinski definition) is 0. The fourth-order valence-corrected chi connectivity index (χ4v) is 2.52. The Morgan fingerprint density at radius 1 is 0.900 bits per heavy atom. The molecule has 0 fully saturated rings. The summed E-state index contributed by atoms with van der Waals surface area (Å²) in [6.45, 7) is 2.26. The van der Waals surface area contributed by atoms with Crippen LogP contribution in [0.1, 0.15) is 94.3 Å². The molecule has 1 aromatic heterocycles. The van der Waals surface area contributed by atoms with Crippen LogP contribution in [0, 0.1) is 0 Å². The maximum atomic E-state index is 11.7. The molecule has 0 radical (unpaired) electrons. The van der Waals surface area contributed by atoms with E-state index < -0.39 is 0 Å². The fourth-order valence-electron chi connectivity index (χ4n) is 2.52. The minimum absolute atomic E-state index is 0.217. The van der Waals surface area contributed by atoms with E-state index in [9.17, 15) is 4.79 Å². The van der Waals surface area contributed by atoms with Gasteiger partial charge in [-0.3, -0.25) is 4.79 Å². The van der Waals surface area contributed by atoms with Gasteiger partial charge >= 0.3 is 0 Å². The predicted octanol–water partition coefficient (Wildman–Crippen LogP) is 6.16. The summed E-state index contributed by atoms with van der Waals surface area (Å²) >= 11 is 0. The summed E-state index contributed by atoms with van der Waals surface area (Å²) in [5.74, 6) is 0.217. The summed E-state index contributed by atoms with van der Waals surface area (Å²) in [5.41, 5.74) is 0.720. The quantitative estimate of drug-likeness (QED) is 0.319. The van der Waals surface area contributed by atoms with E-state index in [4.69, 9.17) is 4.42 Å². The lowest BCUT2D eigenvalue weighted by Crippen LogP contribution is -1.96. The number of Topliss-reactive ketones (excluding diaryl/α,β-unsaturated/α-hetero) is 1. The number of carbonyl (C=O) groups excluding carboxylic acids is 1. The summed E-state index contributed by atoms with van der Waals surface area (Å²) in [6, 6.07) is 1.75. The van der Waals surface area contributed by atoms with Gasteiger partial charge in [-0.25, -0.2) is 0 Å². The first-order valence-electron chi connectivity index (χ1n) is 8.40. The Morgan fingerprint density at radius 3 is 1.95 bits per heavy atom. The molecule has 0 aromatic carbocycles. The van der Waals surface area contributed by atoms with Crippen LogP contribution in [-0.4, -0.2) is 5.78 Å². The Kier molecular flexibility index (Phi) is 9.99. The van der Waals surface area contributed by atoms with Crippen LogP contribution in [0.4, 0.5) is 0 Å². The highest BCUT2D eigenvalue weighted by Gasteiger charge is 2.05. The van der Waals surface area contributed by atoms with Crippen molar-refractivity contribution >= 4 is 5.78 Å². The van der Waals surface area contributed by atoms with E-state index >= 15 is 0 Å². The van der Waals surface area contributed by atoms with Gasteiger partial charge in [0, 0.05) is 6.42 Å². The highest BCUT2D eigenvalue weighted by molar-refractivity contribution is 5.95. The molecule has 0 bridgehead atoms. The standard InChI is InChI=1S/C18H30O2/c1-2-3-4-5-6-7-8-9-10-11-12-13-18(19)17-14-15-20-16-17/h14-16H,2-13H2,1H3. The molecule has 1 aromatic rings. The first-order valence-corrected chi connectivity index (χ1v) is 8.40. The molecule has 1 heterocycles. The first-order chi connectivity index (χ1) is 9.84. The van der Waals surface area contributed by atoms with Crippen LogP contribution >= 0.6 is 0 Å². The van der Waals surface area contributed by atoms with Gasteiger partial charge in [-0.15, -0.1) is 0 Å². The van der Waals surface area contributed by atoms with Gasteiger partial charge in [0.05, 0.1) is 11.8 Å². The van der Waals surface area contributed by atoms with Gasteiger partial charge in [0.15, 0.2) is 5.78 Å². The van der Waals surface area contributed by atoms with Gasteiger partial charge in [-0.05, 0) is 12.5 Å². The van der Waals surface area contributed by atoms with E-state index in [-0.39, 0.29) is 5.78 Å². The summed E-state index contributed by atoms with van der Waals surface area (Å²) in [5, 5.41) is 0. The maximum Gasteiger partial charge on any atom is 0.166 e. The van der Waals surface area contributed by atoms with Crippen LogP contribution in [0.2, 0.25) is 0 Å². The molecule has 0 saturated heterocycles. The van der Waals surface area contributed by atoms with Crippen LogP contribution in [-0.2, 0) is 0 Å². The van der Waals surface area contributed by atoms with Crippen molar-refractivity contribution in [1.82, 2.24) is 0 Å². The molecule has 2 nitrogen and oxygen atoms in total. The molecule has 0 saturated carbocycles. The predicted molar refractivity (Wildman–Crippen MR) is 84.1 cm³/mol. The van der Waals surface area contributed by atoms with Crippen LogP contribution in [0.3, 0.4) is 0 Å². The summed E-state index contributed by atoms with van der Waals surface area (Å²) in [4.78, 5) is 11.7. The highest BCUT2D eigenvalue weighted by Crippen LogP contribution is 2.13. The SMILES string of the molecule is CCCCCCCCCCCCCC(=O)c1ccoc1. The molecule has 2 heteroatoms. The molecule has 20 heavy (non-hydrogen) atoms. The van der Waals surface area contributed by atoms with Crippen molar-refractivity contribution in [1.29, 1.82) is 0 Å². The van der Waals surface area contributed by atoms with E-state index in [1.54, 1.807) is 18.6 Å². The molecular weight excluding hydrogens is 248 g/mol.